The molecule has 1 unspecified atom stereocenters. The summed E-state index contributed by atoms with van der Waals surface area (Å²) in [5.41, 5.74) is 1.49. The average molecular weight is 217 g/mol. The van der Waals surface area contributed by atoms with E-state index in [9.17, 15) is 0 Å². The molecule has 0 radical (unpaired) electrons. The third kappa shape index (κ3) is 3.08. The monoisotopic (exact) mass is 217 g/mol. The predicted octanol–water partition coefficient (Wildman–Crippen LogP) is 3.49. The van der Waals surface area contributed by atoms with Crippen molar-refractivity contribution in [2.75, 3.05) is 13.1 Å². The Morgan fingerprint density at radius 2 is 1.94 bits per heavy atom. The average Bonchev–Trinajstić information content (AvgIpc) is 2.55. The number of likely N-dealkylation sites (N-methyl/N-ethyl adjacent to an activating group) is 1. The van der Waals surface area contributed by atoms with E-state index in [1.165, 1.54) is 50.8 Å². The van der Waals surface area contributed by atoms with Crippen molar-refractivity contribution in [1.82, 2.24) is 4.90 Å². The van der Waals surface area contributed by atoms with E-state index in [-0.39, 0.29) is 0 Å². The number of benzene rings is 1. The molecule has 0 bridgehead atoms. The lowest BCUT2D eigenvalue weighted by Gasteiger charge is -2.28. The molecule has 16 heavy (non-hydrogen) atoms. The van der Waals surface area contributed by atoms with Gasteiger partial charge in [-0.1, -0.05) is 50.1 Å². The second-order valence-electron chi connectivity index (χ2n) is 4.82. The number of rotatable bonds is 3. The maximum Gasteiger partial charge on any atom is 0.0135 e. The molecule has 1 fully saturated rings. The van der Waals surface area contributed by atoms with Crippen LogP contribution < -0.4 is 0 Å². The molecule has 0 amide bonds. The standard InChI is InChI=1S/C15H23N/c1-2-16-12-8-4-7-11-15(16)13-14-9-5-3-6-10-14/h3,5-6,9-10,15H,2,4,7-8,11-13H2,1H3. The molecule has 2 rings (SSSR count). The van der Waals surface area contributed by atoms with E-state index >= 15 is 0 Å². The van der Waals surface area contributed by atoms with Gasteiger partial charge in [-0.15, -0.1) is 0 Å². The molecule has 1 aromatic carbocycles. The molecule has 0 N–H and O–H groups in total. The Hall–Kier alpha value is -0.820. The van der Waals surface area contributed by atoms with Gasteiger partial charge >= 0.3 is 0 Å². The molecule has 1 nitrogen and oxygen atoms in total. The van der Waals surface area contributed by atoms with Crippen molar-refractivity contribution in [3.63, 3.8) is 0 Å². The minimum Gasteiger partial charge on any atom is -0.300 e. The molecule has 1 heterocycles. The molecule has 0 saturated carbocycles. The van der Waals surface area contributed by atoms with Gasteiger partial charge in [-0.2, -0.15) is 0 Å². The van der Waals surface area contributed by atoms with Crippen LogP contribution in [0.5, 0.6) is 0 Å². The Kier molecular flexibility index (Phi) is 4.41. The van der Waals surface area contributed by atoms with Crippen LogP contribution in [-0.2, 0) is 6.42 Å². The van der Waals surface area contributed by atoms with Gasteiger partial charge in [-0.05, 0) is 37.9 Å². The zero-order valence-corrected chi connectivity index (χ0v) is 10.4. The van der Waals surface area contributed by atoms with Gasteiger partial charge in [0.1, 0.15) is 0 Å². The van der Waals surface area contributed by atoms with E-state index in [1.807, 2.05) is 0 Å². The Balaban J connectivity index is 2.00. The van der Waals surface area contributed by atoms with Gasteiger partial charge in [0, 0.05) is 6.04 Å². The normalized spacial score (nSPS) is 22.9. The smallest absolute Gasteiger partial charge is 0.0135 e. The van der Waals surface area contributed by atoms with Gasteiger partial charge in [-0.3, -0.25) is 0 Å². The fourth-order valence-electron chi connectivity index (χ4n) is 2.77. The Labute approximate surface area is 99.5 Å². The number of hydrogen-bond acceptors (Lipinski definition) is 1. The Morgan fingerprint density at radius 3 is 2.69 bits per heavy atom. The Bertz CT molecular complexity index is 294. The van der Waals surface area contributed by atoms with Crippen LogP contribution in [-0.4, -0.2) is 24.0 Å². The first-order valence-corrected chi connectivity index (χ1v) is 6.68. The van der Waals surface area contributed by atoms with Crippen LogP contribution in [0.3, 0.4) is 0 Å². The maximum absolute atomic E-state index is 2.67. The van der Waals surface area contributed by atoms with Crippen molar-refractivity contribution in [2.45, 2.75) is 45.1 Å². The zero-order valence-electron chi connectivity index (χ0n) is 10.4. The summed E-state index contributed by atoms with van der Waals surface area (Å²) in [6.07, 6.45) is 6.83. The number of nitrogens with zero attached hydrogens (tertiary/aromatic N) is 1. The molecule has 1 aliphatic heterocycles. The lowest BCUT2D eigenvalue weighted by atomic mass is 10.0. The SMILES string of the molecule is CCN1CCCCCC1Cc1ccccc1. The van der Waals surface area contributed by atoms with Crippen LogP contribution in [0.4, 0.5) is 0 Å². The lowest BCUT2D eigenvalue weighted by Crippen LogP contribution is -2.36. The van der Waals surface area contributed by atoms with Gasteiger partial charge in [0.25, 0.3) is 0 Å². The summed E-state index contributed by atoms with van der Waals surface area (Å²) in [7, 11) is 0. The fourth-order valence-corrected chi connectivity index (χ4v) is 2.77. The molecule has 1 aromatic rings. The van der Waals surface area contributed by atoms with E-state index in [0.717, 1.165) is 6.04 Å². The Morgan fingerprint density at radius 1 is 1.12 bits per heavy atom. The first-order chi connectivity index (χ1) is 7.90. The summed E-state index contributed by atoms with van der Waals surface area (Å²) in [5, 5.41) is 0. The van der Waals surface area contributed by atoms with Gasteiger partial charge in [0.2, 0.25) is 0 Å². The van der Waals surface area contributed by atoms with Crippen LogP contribution in [0.25, 0.3) is 0 Å². The minimum atomic E-state index is 0.773. The molecule has 88 valence electrons. The summed E-state index contributed by atoms with van der Waals surface area (Å²) in [6.45, 7) is 4.80. The van der Waals surface area contributed by atoms with E-state index in [4.69, 9.17) is 0 Å². The highest BCUT2D eigenvalue weighted by Gasteiger charge is 2.19. The van der Waals surface area contributed by atoms with Crippen molar-refractivity contribution in [1.29, 1.82) is 0 Å². The van der Waals surface area contributed by atoms with Gasteiger partial charge < -0.3 is 4.90 Å². The van der Waals surface area contributed by atoms with E-state index < -0.39 is 0 Å². The van der Waals surface area contributed by atoms with Gasteiger partial charge in [0.15, 0.2) is 0 Å². The molecule has 1 aliphatic rings. The summed E-state index contributed by atoms with van der Waals surface area (Å²) in [6, 6.07) is 11.7. The first kappa shape index (κ1) is 11.7. The van der Waals surface area contributed by atoms with E-state index in [2.05, 4.69) is 42.2 Å². The lowest BCUT2D eigenvalue weighted by molar-refractivity contribution is 0.209. The van der Waals surface area contributed by atoms with Gasteiger partial charge in [0.05, 0.1) is 0 Å². The highest BCUT2D eigenvalue weighted by atomic mass is 15.1. The number of hydrogen-bond donors (Lipinski definition) is 0. The van der Waals surface area contributed by atoms with Crippen molar-refractivity contribution in [3.05, 3.63) is 35.9 Å². The first-order valence-electron chi connectivity index (χ1n) is 6.68. The van der Waals surface area contributed by atoms with Crippen LogP contribution in [0.1, 0.15) is 38.2 Å². The summed E-state index contributed by atoms with van der Waals surface area (Å²) in [5.74, 6) is 0. The predicted molar refractivity (Wildman–Crippen MR) is 69.6 cm³/mol. The third-order valence-corrected chi connectivity index (χ3v) is 3.72. The molecule has 1 heteroatoms. The van der Waals surface area contributed by atoms with E-state index in [1.54, 1.807) is 0 Å². The number of likely N-dealkylation sites (tertiary alicyclic amines) is 1. The summed E-state index contributed by atoms with van der Waals surface area (Å²) < 4.78 is 0. The van der Waals surface area contributed by atoms with Crippen molar-refractivity contribution in [2.24, 2.45) is 0 Å². The minimum absolute atomic E-state index is 0.773. The summed E-state index contributed by atoms with van der Waals surface area (Å²) in [4.78, 5) is 2.67. The van der Waals surface area contributed by atoms with Gasteiger partial charge in [-0.25, -0.2) is 0 Å². The molecule has 0 aliphatic carbocycles. The highest BCUT2D eigenvalue weighted by Crippen LogP contribution is 2.19. The van der Waals surface area contributed by atoms with Crippen molar-refractivity contribution < 1.29 is 0 Å². The van der Waals surface area contributed by atoms with Crippen LogP contribution in [0.15, 0.2) is 30.3 Å². The molecule has 1 saturated heterocycles. The molecular weight excluding hydrogens is 194 g/mol. The summed E-state index contributed by atoms with van der Waals surface area (Å²) >= 11 is 0. The molecule has 0 aromatic heterocycles. The molecular formula is C15H23N. The van der Waals surface area contributed by atoms with Crippen molar-refractivity contribution >= 4 is 0 Å². The topological polar surface area (TPSA) is 3.24 Å². The van der Waals surface area contributed by atoms with Crippen molar-refractivity contribution in [3.8, 4) is 0 Å². The molecule has 0 spiro atoms. The third-order valence-electron chi connectivity index (χ3n) is 3.72. The fraction of sp³-hybridized carbons (Fsp3) is 0.600. The second-order valence-corrected chi connectivity index (χ2v) is 4.82. The van der Waals surface area contributed by atoms with Crippen LogP contribution in [0.2, 0.25) is 0 Å². The second kappa shape index (κ2) is 6.05. The maximum atomic E-state index is 2.67. The highest BCUT2D eigenvalue weighted by molar-refractivity contribution is 5.16. The van der Waals surface area contributed by atoms with Crippen LogP contribution in [0, 0.1) is 0 Å². The zero-order chi connectivity index (χ0) is 11.2. The molecule has 1 atom stereocenters. The van der Waals surface area contributed by atoms with E-state index in [0.29, 0.717) is 0 Å². The van der Waals surface area contributed by atoms with Crippen LogP contribution >= 0.6 is 0 Å². The quantitative estimate of drug-likeness (QED) is 0.749. The largest absolute Gasteiger partial charge is 0.300 e.